The number of carboxylic acid groups (broad SMARTS) is 2. The fourth-order valence-corrected chi connectivity index (χ4v) is 1.98. The third-order valence-electron chi connectivity index (χ3n) is 2.80. The molecule has 0 radical (unpaired) electrons. The van der Waals surface area contributed by atoms with Crippen molar-refractivity contribution < 1.29 is 24.6 Å². The number of carbonyl (C=O) groups is 3. The van der Waals surface area contributed by atoms with E-state index in [4.69, 9.17) is 10.2 Å². The number of rotatable bonds is 4. The van der Waals surface area contributed by atoms with E-state index in [1.165, 1.54) is 0 Å². The van der Waals surface area contributed by atoms with E-state index in [1.807, 2.05) is 0 Å². The maximum absolute atomic E-state index is 12.0. The normalized spacial score (nSPS) is 15.9. The van der Waals surface area contributed by atoms with Gasteiger partial charge in [-0.1, -0.05) is 12.8 Å². The zero-order valence-electron chi connectivity index (χ0n) is 10.2. The van der Waals surface area contributed by atoms with E-state index < -0.39 is 31.1 Å². The van der Waals surface area contributed by atoms with Crippen molar-refractivity contribution in [3.8, 4) is 0 Å². The van der Waals surface area contributed by atoms with Gasteiger partial charge in [-0.05, 0) is 12.8 Å². The molecule has 1 heterocycles. The molecule has 1 fully saturated rings. The molecule has 7 nitrogen and oxygen atoms in total. The van der Waals surface area contributed by atoms with E-state index in [0.29, 0.717) is 13.1 Å². The van der Waals surface area contributed by atoms with Crippen LogP contribution in [-0.4, -0.2) is 64.2 Å². The van der Waals surface area contributed by atoms with Gasteiger partial charge in [0, 0.05) is 13.1 Å². The van der Waals surface area contributed by atoms with Crippen LogP contribution in [0.3, 0.4) is 0 Å². The third-order valence-corrected chi connectivity index (χ3v) is 2.80. The van der Waals surface area contributed by atoms with Crippen LogP contribution in [0.1, 0.15) is 25.7 Å². The Morgan fingerprint density at radius 3 is 1.72 bits per heavy atom. The Balaban J connectivity index is 2.66. The van der Waals surface area contributed by atoms with E-state index in [2.05, 4.69) is 0 Å². The molecule has 0 atom stereocenters. The molecule has 1 aliphatic rings. The van der Waals surface area contributed by atoms with Crippen molar-refractivity contribution in [2.24, 2.45) is 0 Å². The minimum atomic E-state index is -1.21. The van der Waals surface area contributed by atoms with Crippen molar-refractivity contribution in [3.05, 3.63) is 0 Å². The Kier molecular flexibility index (Phi) is 5.41. The first-order valence-electron chi connectivity index (χ1n) is 5.98. The molecule has 0 unspecified atom stereocenters. The number of carbonyl (C=O) groups excluding carboxylic acids is 1. The summed E-state index contributed by atoms with van der Waals surface area (Å²) in [7, 11) is 0. The van der Waals surface area contributed by atoms with E-state index >= 15 is 0 Å². The van der Waals surface area contributed by atoms with Gasteiger partial charge in [-0.25, -0.2) is 4.79 Å². The average Bonchev–Trinajstić information content (AvgIpc) is 2.54. The quantitative estimate of drug-likeness (QED) is 0.763. The molecule has 1 aliphatic heterocycles. The van der Waals surface area contributed by atoms with E-state index in [0.717, 1.165) is 30.6 Å². The summed E-state index contributed by atoms with van der Waals surface area (Å²) < 4.78 is 0. The van der Waals surface area contributed by atoms with Gasteiger partial charge in [0.05, 0.1) is 0 Å². The minimum Gasteiger partial charge on any atom is -0.480 e. The molecule has 102 valence electrons. The van der Waals surface area contributed by atoms with Gasteiger partial charge in [0.15, 0.2) is 0 Å². The molecule has 18 heavy (non-hydrogen) atoms. The van der Waals surface area contributed by atoms with Crippen LogP contribution in [0.5, 0.6) is 0 Å². The lowest BCUT2D eigenvalue weighted by Crippen LogP contribution is -2.47. The number of aliphatic carboxylic acids is 2. The van der Waals surface area contributed by atoms with E-state index in [9.17, 15) is 14.4 Å². The predicted molar refractivity (Wildman–Crippen MR) is 62.3 cm³/mol. The van der Waals surface area contributed by atoms with Gasteiger partial charge in [-0.2, -0.15) is 0 Å². The second kappa shape index (κ2) is 6.83. The molecule has 0 spiro atoms. The smallest absolute Gasteiger partial charge is 0.323 e. The van der Waals surface area contributed by atoms with Gasteiger partial charge in [-0.3, -0.25) is 9.59 Å². The maximum atomic E-state index is 12.0. The number of likely N-dealkylation sites (tertiary alicyclic amines) is 1. The van der Waals surface area contributed by atoms with Crippen LogP contribution in [-0.2, 0) is 9.59 Å². The summed E-state index contributed by atoms with van der Waals surface area (Å²) in [6.07, 6.45) is 3.84. The van der Waals surface area contributed by atoms with Crippen molar-refractivity contribution in [1.29, 1.82) is 0 Å². The standard InChI is InChI=1S/C11H18N2O5/c14-9(15)7-13(8-10(16)17)11(18)12-5-3-1-2-4-6-12/h1-8H2,(H,14,15)(H,16,17). The molecule has 0 aliphatic carbocycles. The predicted octanol–water partition coefficient (Wildman–Crippen LogP) is 0.454. The highest BCUT2D eigenvalue weighted by Crippen LogP contribution is 2.11. The Bertz CT molecular complexity index is 307. The van der Waals surface area contributed by atoms with Crippen LogP contribution in [0.4, 0.5) is 4.79 Å². The van der Waals surface area contributed by atoms with Crippen LogP contribution in [0.15, 0.2) is 0 Å². The largest absolute Gasteiger partial charge is 0.480 e. The van der Waals surface area contributed by atoms with Gasteiger partial charge in [0.2, 0.25) is 0 Å². The highest BCUT2D eigenvalue weighted by Gasteiger charge is 2.25. The average molecular weight is 258 g/mol. The second-order valence-corrected chi connectivity index (χ2v) is 4.33. The summed E-state index contributed by atoms with van der Waals surface area (Å²) >= 11 is 0. The third kappa shape index (κ3) is 4.60. The molecule has 1 rings (SSSR count). The highest BCUT2D eigenvalue weighted by atomic mass is 16.4. The summed E-state index contributed by atoms with van der Waals surface area (Å²) in [5.74, 6) is -2.42. The SMILES string of the molecule is O=C(O)CN(CC(=O)O)C(=O)N1CCCCCC1. The maximum Gasteiger partial charge on any atom is 0.323 e. The molecule has 1 saturated heterocycles. The summed E-state index contributed by atoms with van der Waals surface area (Å²) in [6.45, 7) is -0.0353. The molecule has 0 aromatic carbocycles. The van der Waals surface area contributed by atoms with Crippen molar-refractivity contribution in [1.82, 2.24) is 9.80 Å². The van der Waals surface area contributed by atoms with E-state index in [1.54, 1.807) is 4.90 Å². The molecule has 0 aromatic rings. The Morgan fingerprint density at radius 1 is 0.889 bits per heavy atom. The number of nitrogens with zero attached hydrogens (tertiary/aromatic N) is 2. The first-order chi connectivity index (χ1) is 8.50. The lowest BCUT2D eigenvalue weighted by atomic mass is 10.2. The lowest BCUT2D eigenvalue weighted by molar-refractivity contribution is -0.140. The molecular formula is C11H18N2O5. The Hall–Kier alpha value is -1.79. The van der Waals surface area contributed by atoms with Crippen molar-refractivity contribution >= 4 is 18.0 Å². The number of carboxylic acids is 2. The number of hydrogen-bond donors (Lipinski definition) is 2. The van der Waals surface area contributed by atoms with Crippen LogP contribution in [0.25, 0.3) is 0 Å². The topological polar surface area (TPSA) is 98.1 Å². The number of hydrogen-bond acceptors (Lipinski definition) is 3. The van der Waals surface area contributed by atoms with Crippen molar-refractivity contribution in [3.63, 3.8) is 0 Å². The van der Waals surface area contributed by atoms with Crippen LogP contribution < -0.4 is 0 Å². The summed E-state index contributed by atoms with van der Waals surface area (Å²) in [4.78, 5) is 35.7. The monoisotopic (exact) mass is 258 g/mol. The van der Waals surface area contributed by atoms with Gasteiger partial charge in [0.25, 0.3) is 0 Å². The zero-order valence-corrected chi connectivity index (χ0v) is 10.2. The van der Waals surface area contributed by atoms with E-state index in [-0.39, 0.29) is 0 Å². The Labute approximate surface area is 105 Å². The van der Waals surface area contributed by atoms with Crippen molar-refractivity contribution in [2.75, 3.05) is 26.2 Å². The van der Waals surface area contributed by atoms with Gasteiger partial charge < -0.3 is 20.0 Å². The lowest BCUT2D eigenvalue weighted by Gasteiger charge is -2.27. The van der Waals surface area contributed by atoms with Crippen LogP contribution >= 0.6 is 0 Å². The molecule has 0 saturated carbocycles. The summed E-state index contributed by atoms with van der Waals surface area (Å²) in [6, 6.07) is -0.498. The zero-order chi connectivity index (χ0) is 13.5. The summed E-state index contributed by atoms with van der Waals surface area (Å²) in [5, 5.41) is 17.4. The minimum absolute atomic E-state index is 0.498. The Morgan fingerprint density at radius 2 is 1.33 bits per heavy atom. The van der Waals surface area contributed by atoms with Gasteiger partial charge >= 0.3 is 18.0 Å². The van der Waals surface area contributed by atoms with Gasteiger partial charge in [0.1, 0.15) is 13.1 Å². The molecule has 2 N–H and O–H groups in total. The van der Waals surface area contributed by atoms with Crippen molar-refractivity contribution in [2.45, 2.75) is 25.7 Å². The molecule has 0 aromatic heterocycles. The number of urea groups is 1. The van der Waals surface area contributed by atoms with Gasteiger partial charge in [-0.15, -0.1) is 0 Å². The molecule has 7 heteroatoms. The highest BCUT2D eigenvalue weighted by molar-refractivity contribution is 5.84. The molecular weight excluding hydrogens is 240 g/mol. The van der Waals surface area contributed by atoms with Crippen LogP contribution in [0, 0.1) is 0 Å². The second-order valence-electron chi connectivity index (χ2n) is 4.33. The van der Waals surface area contributed by atoms with Crippen LogP contribution in [0.2, 0.25) is 0 Å². The first-order valence-corrected chi connectivity index (χ1v) is 5.98. The molecule has 2 amide bonds. The number of amides is 2. The summed E-state index contributed by atoms with van der Waals surface area (Å²) in [5.41, 5.74) is 0. The molecule has 0 bridgehead atoms. The fourth-order valence-electron chi connectivity index (χ4n) is 1.98. The first kappa shape index (κ1) is 14.3. The fraction of sp³-hybridized carbons (Fsp3) is 0.727.